The van der Waals surface area contributed by atoms with Crippen LogP contribution in [0.15, 0.2) is 0 Å². The SMILES string of the molecule is CC(C)C(O)C(C)(C)COC(C)(C)CCOC(C)(C)CCO. The van der Waals surface area contributed by atoms with Crippen LogP contribution in [0.25, 0.3) is 0 Å². The lowest BCUT2D eigenvalue weighted by atomic mass is 9.81. The highest BCUT2D eigenvalue weighted by Crippen LogP contribution is 2.29. The van der Waals surface area contributed by atoms with Crippen LogP contribution in [0.1, 0.15) is 68.2 Å². The van der Waals surface area contributed by atoms with Crippen molar-refractivity contribution in [1.29, 1.82) is 0 Å². The zero-order valence-corrected chi connectivity index (χ0v) is 15.9. The monoisotopic (exact) mass is 318 g/mol. The Morgan fingerprint density at radius 1 is 0.864 bits per heavy atom. The van der Waals surface area contributed by atoms with Gasteiger partial charge in [0.2, 0.25) is 0 Å². The molecule has 22 heavy (non-hydrogen) atoms. The van der Waals surface area contributed by atoms with Crippen molar-refractivity contribution in [2.24, 2.45) is 11.3 Å². The highest BCUT2D eigenvalue weighted by molar-refractivity contribution is 4.81. The fourth-order valence-corrected chi connectivity index (χ4v) is 2.36. The second-order valence-electron chi connectivity index (χ2n) is 8.56. The molecule has 0 fully saturated rings. The second-order valence-corrected chi connectivity index (χ2v) is 8.56. The Labute approximate surface area is 137 Å². The molecule has 0 bridgehead atoms. The zero-order chi connectivity index (χ0) is 17.6. The van der Waals surface area contributed by atoms with Crippen molar-refractivity contribution in [3.8, 4) is 0 Å². The number of ether oxygens (including phenoxy) is 2. The van der Waals surface area contributed by atoms with Crippen LogP contribution in [-0.4, -0.2) is 47.3 Å². The molecule has 0 amide bonds. The van der Waals surface area contributed by atoms with Gasteiger partial charge >= 0.3 is 0 Å². The Bertz CT molecular complexity index is 308. The quantitative estimate of drug-likeness (QED) is 0.613. The van der Waals surface area contributed by atoms with Gasteiger partial charge in [0.05, 0.1) is 30.5 Å². The molecule has 1 unspecified atom stereocenters. The minimum Gasteiger partial charge on any atom is -0.396 e. The molecule has 0 aromatic carbocycles. The molecule has 0 aliphatic rings. The standard InChI is InChI=1S/C18H38O4/c1-14(2)15(20)16(3,4)13-22-18(7,8)10-12-21-17(5,6)9-11-19/h14-15,19-20H,9-13H2,1-8H3. The van der Waals surface area contributed by atoms with Crippen molar-refractivity contribution in [2.45, 2.75) is 85.5 Å². The number of rotatable bonds is 11. The van der Waals surface area contributed by atoms with Crippen molar-refractivity contribution in [3.63, 3.8) is 0 Å². The molecule has 0 saturated heterocycles. The summed E-state index contributed by atoms with van der Waals surface area (Å²) in [5.41, 5.74) is -0.885. The van der Waals surface area contributed by atoms with E-state index in [2.05, 4.69) is 0 Å². The Balaban J connectivity index is 4.30. The minimum absolute atomic E-state index is 0.133. The van der Waals surface area contributed by atoms with Crippen molar-refractivity contribution >= 4 is 0 Å². The maximum absolute atomic E-state index is 10.3. The largest absolute Gasteiger partial charge is 0.396 e. The van der Waals surface area contributed by atoms with Crippen LogP contribution >= 0.6 is 0 Å². The lowest BCUT2D eigenvalue weighted by Gasteiger charge is -2.37. The summed E-state index contributed by atoms with van der Waals surface area (Å²) in [6.45, 7) is 17.4. The van der Waals surface area contributed by atoms with Crippen LogP contribution in [0.3, 0.4) is 0 Å². The van der Waals surface area contributed by atoms with Crippen molar-refractivity contribution in [2.75, 3.05) is 19.8 Å². The highest BCUT2D eigenvalue weighted by atomic mass is 16.5. The van der Waals surface area contributed by atoms with E-state index in [-0.39, 0.29) is 35.2 Å². The Kier molecular flexibility index (Phi) is 8.56. The lowest BCUT2D eigenvalue weighted by molar-refractivity contribution is -0.117. The summed E-state index contributed by atoms with van der Waals surface area (Å²) < 4.78 is 11.9. The first kappa shape index (κ1) is 21.8. The molecule has 0 aliphatic heterocycles. The molecule has 0 radical (unpaired) electrons. The summed E-state index contributed by atoms with van der Waals surface area (Å²) in [6, 6.07) is 0. The first-order valence-electron chi connectivity index (χ1n) is 8.40. The molecule has 0 aromatic rings. The third-order valence-corrected chi connectivity index (χ3v) is 4.18. The van der Waals surface area contributed by atoms with Gasteiger partial charge in [-0.15, -0.1) is 0 Å². The van der Waals surface area contributed by atoms with E-state index < -0.39 is 0 Å². The van der Waals surface area contributed by atoms with Gasteiger partial charge in [0, 0.05) is 12.0 Å². The van der Waals surface area contributed by atoms with Gasteiger partial charge in [-0.3, -0.25) is 0 Å². The molecule has 0 heterocycles. The smallest absolute Gasteiger partial charge is 0.0648 e. The predicted octanol–water partition coefficient (Wildman–Crippen LogP) is 3.39. The van der Waals surface area contributed by atoms with Crippen LogP contribution in [0.4, 0.5) is 0 Å². The van der Waals surface area contributed by atoms with Gasteiger partial charge in [0.15, 0.2) is 0 Å². The van der Waals surface area contributed by atoms with E-state index in [0.29, 0.717) is 19.6 Å². The highest BCUT2D eigenvalue weighted by Gasteiger charge is 2.33. The third kappa shape index (κ3) is 8.47. The van der Waals surface area contributed by atoms with Gasteiger partial charge < -0.3 is 19.7 Å². The van der Waals surface area contributed by atoms with Crippen LogP contribution in [0, 0.1) is 11.3 Å². The van der Waals surface area contributed by atoms with E-state index in [9.17, 15) is 5.11 Å². The fraction of sp³-hybridized carbons (Fsp3) is 1.00. The van der Waals surface area contributed by atoms with Crippen LogP contribution in [0.2, 0.25) is 0 Å². The summed E-state index contributed by atoms with van der Waals surface area (Å²) in [7, 11) is 0. The van der Waals surface area contributed by atoms with E-state index >= 15 is 0 Å². The number of aliphatic hydroxyl groups is 2. The van der Waals surface area contributed by atoms with Crippen molar-refractivity contribution in [3.05, 3.63) is 0 Å². The average Bonchev–Trinajstić information content (AvgIpc) is 2.35. The van der Waals surface area contributed by atoms with Crippen LogP contribution < -0.4 is 0 Å². The van der Waals surface area contributed by atoms with E-state index in [1.54, 1.807) is 0 Å². The molecular formula is C18H38O4. The third-order valence-electron chi connectivity index (χ3n) is 4.18. The average molecular weight is 318 g/mol. The summed E-state index contributed by atoms with van der Waals surface area (Å²) in [5.74, 6) is 0.212. The number of hydrogen-bond acceptors (Lipinski definition) is 4. The molecule has 134 valence electrons. The Morgan fingerprint density at radius 3 is 1.82 bits per heavy atom. The van der Waals surface area contributed by atoms with Gasteiger partial charge in [-0.25, -0.2) is 0 Å². The van der Waals surface area contributed by atoms with Gasteiger partial charge in [-0.2, -0.15) is 0 Å². The van der Waals surface area contributed by atoms with E-state index in [0.717, 1.165) is 6.42 Å². The van der Waals surface area contributed by atoms with Gasteiger partial charge in [0.1, 0.15) is 0 Å². The molecule has 0 saturated carbocycles. The first-order chi connectivity index (χ1) is 9.83. The van der Waals surface area contributed by atoms with Crippen LogP contribution in [-0.2, 0) is 9.47 Å². The van der Waals surface area contributed by atoms with E-state index in [1.165, 1.54) is 0 Å². The molecule has 0 aromatic heterocycles. The maximum atomic E-state index is 10.3. The normalized spacial score (nSPS) is 15.4. The van der Waals surface area contributed by atoms with Crippen LogP contribution in [0.5, 0.6) is 0 Å². The summed E-state index contributed by atoms with van der Waals surface area (Å²) >= 11 is 0. The van der Waals surface area contributed by atoms with Gasteiger partial charge in [-0.05, 0) is 46.5 Å². The Hall–Kier alpha value is -0.160. The molecule has 0 spiro atoms. The lowest BCUT2D eigenvalue weighted by Crippen LogP contribution is -2.41. The maximum Gasteiger partial charge on any atom is 0.0648 e. The van der Waals surface area contributed by atoms with E-state index in [4.69, 9.17) is 14.6 Å². The van der Waals surface area contributed by atoms with Gasteiger partial charge in [0.25, 0.3) is 0 Å². The predicted molar refractivity (Wildman–Crippen MR) is 91.0 cm³/mol. The number of aliphatic hydroxyl groups excluding tert-OH is 2. The molecule has 4 nitrogen and oxygen atoms in total. The minimum atomic E-state index is -0.386. The molecule has 0 rings (SSSR count). The second kappa shape index (κ2) is 8.62. The summed E-state index contributed by atoms with van der Waals surface area (Å²) in [4.78, 5) is 0. The van der Waals surface area contributed by atoms with Crippen molar-refractivity contribution < 1.29 is 19.7 Å². The fourth-order valence-electron chi connectivity index (χ4n) is 2.36. The summed E-state index contributed by atoms with van der Waals surface area (Å²) in [6.07, 6.45) is 1.01. The molecule has 2 N–H and O–H groups in total. The summed E-state index contributed by atoms with van der Waals surface area (Å²) in [5, 5.41) is 19.3. The molecule has 1 atom stereocenters. The van der Waals surface area contributed by atoms with E-state index in [1.807, 2.05) is 55.4 Å². The van der Waals surface area contributed by atoms with Crippen molar-refractivity contribution in [1.82, 2.24) is 0 Å². The zero-order valence-electron chi connectivity index (χ0n) is 15.9. The first-order valence-corrected chi connectivity index (χ1v) is 8.40. The topological polar surface area (TPSA) is 58.9 Å². The molecular weight excluding hydrogens is 280 g/mol. The van der Waals surface area contributed by atoms with Gasteiger partial charge in [-0.1, -0.05) is 27.7 Å². The number of hydrogen-bond donors (Lipinski definition) is 2. The Morgan fingerprint density at radius 2 is 1.36 bits per heavy atom. The molecule has 4 heteroatoms. The molecule has 0 aliphatic carbocycles.